The third-order valence-electron chi connectivity index (χ3n) is 3.93. The molecule has 0 aliphatic heterocycles. The summed E-state index contributed by atoms with van der Waals surface area (Å²) in [6.45, 7) is 3.87. The zero-order valence-electron chi connectivity index (χ0n) is 13.8. The first-order chi connectivity index (χ1) is 12.8. The van der Waals surface area contributed by atoms with Gasteiger partial charge in [0.15, 0.2) is 0 Å². The molecule has 0 fully saturated rings. The Hall–Kier alpha value is -2.27. The van der Waals surface area contributed by atoms with Gasteiger partial charge in [-0.05, 0) is 23.8 Å². The van der Waals surface area contributed by atoms with E-state index in [1.807, 2.05) is 30.3 Å². The van der Waals surface area contributed by atoms with Crippen LogP contribution >= 0.6 is 34.8 Å². The van der Waals surface area contributed by atoms with E-state index in [1.165, 1.54) is 6.07 Å². The maximum absolute atomic E-state index is 12.1. The first kappa shape index (κ1) is 19.5. The molecule has 0 saturated carbocycles. The standard InChI is InChI=1S/C20H13Cl3O4/c1-2-14(12-6-4-3-5-7-12)17-15(26-19(25)20(21,22)23)10-8-13-9-11-16(24)27-18(13)17/h2-11,14H,1H2. The number of rotatable bonds is 4. The lowest BCUT2D eigenvalue weighted by atomic mass is 9.89. The summed E-state index contributed by atoms with van der Waals surface area (Å²) in [5, 5.41) is 0.654. The molecule has 4 nitrogen and oxygen atoms in total. The molecule has 0 bridgehead atoms. The third-order valence-corrected chi connectivity index (χ3v) is 4.39. The van der Waals surface area contributed by atoms with Crippen LogP contribution in [-0.4, -0.2) is 9.76 Å². The number of hydrogen-bond donors (Lipinski definition) is 0. The topological polar surface area (TPSA) is 56.5 Å². The Morgan fingerprint density at radius 2 is 1.74 bits per heavy atom. The van der Waals surface area contributed by atoms with Crippen LogP contribution in [0.15, 0.2) is 76.5 Å². The van der Waals surface area contributed by atoms with Crippen molar-refractivity contribution in [3.63, 3.8) is 0 Å². The smallest absolute Gasteiger partial charge is 0.363 e. The minimum atomic E-state index is -2.25. The van der Waals surface area contributed by atoms with Gasteiger partial charge in [0.25, 0.3) is 3.79 Å². The van der Waals surface area contributed by atoms with Gasteiger partial charge in [0.05, 0.1) is 0 Å². The quantitative estimate of drug-likeness (QED) is 0.186. The summed E-state index contributed by atoms with van der Waals surface area (Å²) < 4.78 is 8.48. The summed E-state index contributed by atoms with van der Waals surface area (Å²) >= 11 is 16.9. The van der Waals surface area contributed by atoms with Gasteiger partial charge < -0.3 is 9.15 Å². The van der Waals surface area contributed by atoms with Crippen molar-refractivity contribution in [1.29, 1.82) is 0 Å². The molecule has 0 radical (unpaired) electrons. The Kier molecular flexibility index (Phi) is 5.61. The van der Waals surface area contributed by atoms with Crippen LogP contribution in [0.4, 0.5) is 0 Å². The molecule has 1 unspecified atom stereocenters. The van der Waals surface area contributed by atoms with Crippen molar-refractivity contribution in [2.75, 3.05) is 0 Å². The van der Waals surface area contributed by atoms with Crippen molar-refractivity contribution in [2.24, 2.45) is 0 Å². The lowest BCUT2D eigenvalue weighted by molar-refractivity contribution is -0.133. The molecule has 3 rings (SSSR count). The number of fused-ring (bicyclic) bond motifs is 1. The van der Waals surface area contributed by atoms with Crippen LogP contribution in [0.25, 0.3) is 11.0 Å². The summed E-state index contributed by atoms with van der Waals surface area (Å²) in [6, 6.07) is 15.5. The number of allylic oxidation sites excluding steroid dienone is 1. The molecule has 2 aromatic carbocycles. The molecular weight excluding hydrogens is 411 g/mol. The first-order valence-corrected chi connectivity index (χ1v) is 8.98. The monoisotopic (exact) mass is 422 g/mol. The van der Waals surface area contributed by atoms with E-state index in [0.29, 0.717) is 10.9 Å². The van der Waals surface area contributed by atoms with Crippen LogP contribution in [0.1, 0.15) is 17.0 Å². The normalized spacial score (nSPS) is 12.6. The van der Waals surface area contributed by atoms with E-state index in [1.54, 1.807) is 24.3 Å². The molecule has 7 heteroatoms. The average Bonchev–Trinajstić information content (AvgIpc) is 2.63. The molecule has 0 aliphatic rings. The van der Waals surface area contributed by atoms with E-state index in [9.17, 15) is 9.59 Å². The lowest BCUT2D eigenvalue weighted by Crippen LogP contribution is -2.25. The lowest BCUT2D eigenvalue weighted by Gasteiger charge is -2.20. The molecule has 0 spiro atoms. The summed E-state index contributed by atoms with van der Waals surface area (Å²) in [4.78, 5) is 23.9. The molecular formula is C20H13Cl3O4. The van der Waals surface area contributed by atoms with Crippen LogP contribution < -0.4 is 10.4 Å². The first-order valence-electron chi connectivity index (χ1n) is 7.84. The maximum Gasteiger partial charge on any atom is 0.363 e. The van der Waals surface area contributed by atoms with Crippen molar-refractivity contribution >= 4 is 51.7 Å². The van der Waals surface area contributed by atoms with Gasteiger partial charge in [0.2, 0.25) is 0 Å². The third kappa shape index (κ3) is 4.19. The van der Waals surface area contributed by atoms with Crippen molar-refractivity contribution < 1.29 is 13.9 Å². The van der Waals surface area contributed by atoms with Crippen LogP contribution in [0.3, 0.4) is 0 Å². The van der Waals surface area contributed by atoms with E-state index in [0.717, 1.165) is 5.56 Å². The van der Waals surface area contributed by atoms with Gasteiger partial charge in [0, 0.05) is 22.9 Å². The zero-order valence-corrected chi connectivity index (χ0v) is 16.1. The molecule has 0 saturated heterocycles. The fourth-order valence-electron chi connectivity index (χ4n) is 2.76. The molecule has 0 N–H and O–H groups in total. The van der Waals surface area contributed by atoms with Crippen molar-refractivity contribution in [1.82, 2.24) is 0 Å². The second-order valence-electron chi connectivity index (χ2n) is 5.66. The van der Waals surface area contributed by atoms with Crippen LogP contribution in [0.2, 0.25) is 0 Å². The predicted octanol–water partition coefficient (Wildman–Crippen LogP) is 5.39. The van der Waals surface area contributed by atoms with Gasteiger partial charge in [-0.3, -0.25) is 0 Å². The number of ether oxygens (including phenoxy) is 1. The second-order valence-corrected chi connectivity index (χ2v) is 7.94. The van der Waals surface area contributed by atoms with Gasteiger partial charge in [0.1, 0.15) is 11.3 Å². The largest absolute Gasteiger partial charge is 0.423 e. The van der Waals surface area contributed by atoms with E-state index >= 15 is 0 Å². The summed E-state index contributed by atoms with van der Waals surface area (Å²) in [5.41, 5.74) is 1.03. The Morgan fingerprint density at radius 1 is 1.07 bits per heavy atom. The fourth-order valence-corrected chi connectivity index (χ4v) is 2.87. The SMILES string of the molecule is C=CC(c1ccccc1)c1c(OC(=O)C(Cl)(Cl)Cl)ccc2ccc(=O)oc12. The zero-order chi connectivity index (χ0) is 19.6. The number of carbonyl (C=O) groups is 1. The highest BCUT2D eigenvalue weighted by Crippen LogP contribution is 2.39. The number of benzene rings is 2. The van der Waals surface area contributed by atoms with E-state index in [2.05, 4.69) is 6.58 Å². The van der Waals surface area contributed by atoms with Gasteiger partial charge in [-0.2, -0.15) is 0 Å². The Morgan fingerprint density at radius 3 is 2.37 bits per heavy atom. The van der Waals surface area contributed by atoms with Crippen LogP contribution in [0, 0.1) is 0 Å². The molecule has 1 heterocycles. The maximum atomic E-state index is 12.1. The van der Waals surface area contributed by atoms with Crippen LogP contribution in [0.5, 0.6) is 5.75 Å². The minimum absolute atomic E-state index is 0.113. The number of hydrogen-bond acceptors (Lipinski definition) is 4. The van der Waals surface area contributed by atoms with Crippen molar-refractivity contribution in [3.8, 4) is 5.75 Å². The van der Waals surface area contributed by atoms with E-state index in [4.69, 9.17) is 44.0 Å². The summed E-state index contributed by atoms with van der Waals surface area (Å²) in [7, 11) is 0. The highest BCUT2D eigenvalue weighted by molar-refractivity contribution is 6.75. The van der Waals surface area contributed by atoms with E-state index in [-0.39, 0.29) is 11.3 Å². The highest BCUT2D eigenvalue weighted by atomic mass is 35.6. The van der Waals surface area contributed by atoms with Gasteiger partial charge in [-0.1, -0.05) is 71.2 Å². The van der Waals surface area contributed by atoms with Crippen molar-refractivity contribution in [2.45, 2.75) is 9.71 Å². The molecule has 1 atom stereocenters. The minimum Gasteiger partial charge on any atom is -0.423 e. The second kappa shape index (κ2) is 7.77. The van der Waals surface area contributed by atoms with E-state index < -0.39 is 21.3 Å². The number of alkyl halides is 3. The van der Waals surface area contributed by atoms with Gasteiger partial charge >= 0.3 is 11.6 Å². The molecule has 0 amide bonds. The number of halogens is 3. The molecule has 1 aromatic heterocycles. The van der Waals surface area contributed by atoms with Gasteiger partial charge in [-0.15, -0.1) is 6.58 Å². The molecule has 3 aromatic rings. The molecule has 138 valence electrons. The Labute approximate surface area is 169 Å². The highest BCUT2D eigenvalue weighted by Gasteiger charge is 2.34. The Bertz CT molecular complexity index is 1050. The number of esters is 1. The molecule has 0 aliphatic carbocycles. The average molecular weight is 424 g/mol. The Balaban J connectivity index is 2.27. The summed E-state index contributed by atoms with van der Waals surface area (Å²) in [5.74, 6) is -1.39. The van der Waals surface area contributed by atoms with Crippen LogP contribution in [-0.2, 0) is 4.79 Å². The summed E-state index contributed by atoms with van der Waals surface area (Å²) in [6.07, 6.45) is 1.66. The molecule has 27 heavy (non-hydrogen) atoms. The fraction of sp³-hybridized carbons (Fsp3) is 0.100. The predicted molar refractivity (Wildman–Crippen MR) is 107 cm³/mol. The van der Waals surface area contributed by atoms with Crippen molar-refractivity contribution in [3.05, 3.63) is 88.8 Å². The number of carbonyl (C=O) groups excluding carboxylic acids is 1. The van der Waals surface area contributed by atoms with Gasteiger partial charge in [-0.25, -0.2) is 9.59 Å².